The fraction of sp³-hybridized carbons (Fsp3) is 0.526. The highest BCUT2D eigenvalue weighted by Gasteiger charge is 2.45. The monoisotopic (exact) mass is 379 g/mol. The van der Waals surface area contributed by atoms with Crippen molar-refractivity contribution in [2.45, 2.75) is 31.6 Å². The predicted octanol–water partition coefficient (Wildman–Crippen LogP) is 1.80. The Bertz CT molecular complexity index is 768. The first-order valence-corrected chi connectivity index (χ1v) is 10.3. The maximum Gasteiger partial charge on any atom is 0.313 e. The van der Waals surface area contributed by atoms with Gasteiger partial charge in [-0.3, -0.25) is 4.79 Å². The fourth-order valence-electron chi connectivity index (χ4n) is 2.98. The zero-order chi connectivity index (χ0) is 19.0. The standard InChI is InChI=1S/C19H25NO5S/c1-3-5-14-25-16-6-8-17(9-7-16)26(22,23)15-19(18(21)24-4-2)10-12-20-13-11-19/h6-9,20H,4,10-15H2,1-2H3. The first kappa shape index (κ1) is 20.3. The van der Waals surface area contributed by atoms with Gasteiger partial charge in [-0.05, 0) is 64.0 Å². The summed E-state index contributed by atoms with van der Waals surface area (Å²) in [4.78, 5) is 12.7. The lowest BCUT2D eigenvalue weighted by Crippen LogP contribution is -2.47. The molecule has 26 heavy (non-hydrogen) atoms. The molecule has 0 amide bonds. The Morgan fingerprint density at radius 2 is 1.88 bits per heavy atom. The van der Waals surface area contributed by atoms with E-state index in [4.69, 9.17) is 9.47 Å². The van der Waals surface area contributed by atoms with Crippen LogP contribution in [0.5, 0.6) is 5.75 Å². The number of ether oxygens (including phenoxy) is 2. The zero-order valence-electron chi connectivity index (χ0n) is 15.2. The van der Waals surface area contributed by atoms with Crippen LogP contribution in [0.3, 0.4) is 0 Å². The summed E-state index contributed by atoms with van der Waals surface area (Å²) in [7, 11) is -3.64. The van der Waals surface area contributed by atoms with Crippen molar-refractivity contribution in [3.63, 3.8) is 0 Å². The van der Waals surface area contributed by atoms with Crippen molar-refractivity contribution in [1.29, 1.82) is 0 Å². The third-order valence-corrected chi connectivity index (χ3v) is 6.33. The van der Waals surface area contributed by atoms with Gasteiger partial charge in [-0.1, -0.05) is 5.92 Å². The quantitative estimate of drug-likeness (QED) is 0.575. The predicted molar refractivity (Wildman–Crippen MR) is 98.6 cm³/mol. The molecule has 1 aromatic rings. The number of carbonyl (C=O) groups excluding carboxylic acids is 1. The summed E-state index contributed by atoms with van der Waals surface area (Å²) in [6.07, 6.45) is 0.893. The van der Waals surface area contributed by atoms with Gasteiger partial charge in [0, 0.05) is 0 Å². The van der Waals surface area contributed by atoms with Crippen LogP contribution in [0.25, 0.3) is 0 Å². The molecular formula is C19H25NO5S. The van der Waals surface area contributed by atoms with Gasteiger partial charge >= 0.3 is 5.97 Å². The largest absolute Gasteiger partial charge is 0.481 e. The van der Waals surface area contributed by atoms with Crippen LogP contribution in [0.15, 0.2) is 29.2 Å². The van der Waals surface area contributed by atoms with Gasteiger partial charge in [-0.2, -0.15) is 0 Å². The average Bonchev–Trinajstić information content (AvgIpc) is 2.63. The van der Waals surface area contributed by atoms with E-state index in [0.717, 1.165) is 0 Å². The molecule has 6 nitrogen and oxygen atoms in total. The molecule has 0 bridgehead atoms. The van der Waals surface area contributed by atoms with E-state index in [9.17, 15) is 13.2 Å². The molecule has 0 radical (unpaired) electrons. The second-order valence-corrected chi connectivity index (χ2v) is 8.19. The van der Waals surface area contributed by atoms with Crippen molar-refractivity contribution < 1.29 is 22.7 Å². The summed E-state index contributed by atoms with van der Waals surface area (Å²) >= 11 is 0. The van der Waals surface area contributed by atoms with Crippen molar-refractivity contribution in [1.82, 2.24) is 5.32 Å². The number of rotatable bonds is 7. The van der Waals surface area contributed by atoms with Gasteiger partial charge in [0.05, 0.1) is 22.7 Å². The molecule has 1 N–H and O–H groups in total. The lowest BCUT2D eigenvalue weighted by molar-refractivity contribution is -0.155. The molecule has 1 saturated heterocycles. The van der Waals surface area contributed by atoms with E-state index in [1.54, 1.807) is 26.0 Å². The topological polar surface area (TPSA) is 81.7 Å². The van der Waals surface area contributed by atoms with Crippen molar-refractivity contribution in [3.05, 3.63) is 24.3 Å². The van der Waals surface area contributed by atoms with E-state index in [1.165, 1.54) is 12.1 Å². The first-order valence-electron chi connectivity index (χ1n) is 8.67. The summed E-state index contributed by atoms with van der Waals surface area (Å²) in [6, 6.07) is 6.21. The van der Waals surface area contributed by atoms with E-state index in [1.807, 2.05) is 0 Å². The molecule has 2 rings (SSSR count). The highest BCUT2D eigenvalue weighted by atomic mass is 32.2. The van der Waals surface area contributed by atoms with Crippen LogP contribution >= 0.6 is 0 Å². The molecule has 1 heterocycles. The van der Waals surface area contributed by atoms with Crippen LogP contribution in [0, 0.1) is 17.3 Å². The van der Waals surface area contributed by atoms with E-state index < -0.39 is 21.2 Å². The number of hydrogen-bond donors (Lipinski definition) is 1. The second-order valence-electron chi connectivity index (χ2n) is 6.20. The number of sulfone groups is 1. The number of nitrogens with one attached hydrogen (secondary N) is 1. The van der Waals surface area contributed by atoms with Crippen molar-refractivity contribution in [2.75, 3.05) is 32.1 Å². The normalized spacial score (nSPS) is 16.2. The molecule has 0 saturated carbocycles. The van der Waals surface area contributed by atoms with E-state index in [-0.39, 0.29) is 23.9 Å². The molecule has 0 atom stereocenters. The molecule has 1 aromatic carbocycles. The number of esters is 1. The van der Waals surface area contributed by atoms with Crippen LogP contribution in [0.2, 0.25) is 0 Å². The minimum atomic E-state index is -3.64. The van der Waals surface area contributed by atoms with E-state index in [2.05, 4.69) is 17.2 Å². The zero-order valence-corrected chi connectivity index (χ0v) is 16.0. The average molecular weight is 379 g/mol. The van der Waals surface area contributed by atoms with Gasteiger partial charge in [0.1, 0.15) is 12.4 Å². The summed E-state index contributed by atoms with van der Waals surface area (Å²) in [5.41, 5.74) is -0.994. The molecule has 0 spiro atoms. The Morgan fingerprint density at radius 1 is 1.23 bits per heavy atom. The molecule has 1 aliphatic rings. The molecule has 1 aliphatic heterocycles. The summed E-state index contributed by atoms with van der Waals surface area (Å²) in [6.45, 7) is 5.13. The molecule has 7 heteroatoms. The molecule has 142 valence electrons. The third kappa shape index (κ3) is 4.99. The van der Waals surface area contributed by atoms with Crippen molar-refractivity contribution in [2.24, 2.45) is 5.41 Å². The lowest BCUT2D eigenvalue weighted by Gasteiger charge is -2.34. The minimum absolute atomic E-state index is 0.175. The molecule has 1 fully saturated rings. The van der Waals surface area contributed by atoms with Gasteiger partial charge in [-0.25, -0.2) is 8.42 Å². The van der Waals surface area contributed by atoms with Gasteiger partial charge < -0.3 is 14.8 Å². The van der Waals surface area contributed by atoms with Gasteiger partial charge in [0.25, 0.3) is 0 Å². The highest BCUT2D eigenvalue weighted by Crippen LogP contribution is 2.34. The Kier molecular flexibility index (Phi) is 7.06. The Hall–Kier alpha value is -2.04. The second kappa shape index (κ2) is 9.06. The van der Waals surface area contributed by atoms with Crippen LogP contribution in [0.4, 0.5) is 0 Å². The minimum Gasteiger partial charge on any atom is -0.481 e. The number of benzene rings is 1. The highest BCUT2D eigenvalue weighted by molar-refractivity contribution is 7.91. The maximum atomic E-state index is 12.9. The van der Waals surface area contributed by atoms with Crippen molar-refractivity contribution in [3.8, 4) is 17.6 Å². The number of hydrogen-bond acceptors (Lipinski definition) is 6. The summed E-state index contributed by atoms with van der Waals surface area (Å²) < 4.78 is 36.4. The first-order chi connectivity index (χ1) is 12.4. The molecule has 0 aliphatic carbocycles. The van der Waals surface area contributed by atoms with E-state index >= 15 is 0 Å². The number of carbonyl (C=O) groups is 1. The van der Waals surface area contributed by atoms with Crippen LogP contribution in [0.1, 0.15) is 26.7 Å². The Labute approximate surface area is 155 Å². The smallest absolute Gasteiger partial charge is 0.313 e. The fourth-order valence-corrected chi connectivity index (χ4v) is 4.83. The molecular weight excluding hydrogens is 354 g/mol. The Balaban J connectivity index is 2.18. The van der Waals surface area contributed by atoms with Gasteiger partial charge in [0.2, 0.25) is 0 Å². The van der Waals surface area contributed by atoms with Crippen LogP contribution in [-0.4, -0.2) is 46.4 Å². The van der Waals surface area contributed by atoms with Crippen molar-refractivity contribution >= 4 is 15.8 Å². The summed E-state index contributed by atoms with van der Waals surface area (Å²) in [5, 5.41) is 3.16. The van der Waals surface area contributed by atoms with Gasteiger partial charge in [-0.15, -0.1) is 5.92 Å². The molecule has 0 aromatic heterocycles. The lowest BCUT2D eigenvalue weighted by atomic mass is 9.81. The SMILES string of the molecule is CC#CCOc1ccc(S(=O)(=O)CC2(C(=O)OCC)CCNCC2)cc1. The Morgan fingerprint density at radius 3 is 2.46 bits per heavy atom. The van der Waals surface area contributed by atoms with E-state index in [0.29, 0.717) is 31.7 Å². The van der Waals surface area contributed by atoms with Gasteiger partial charge in [0.15, 0.2) is 9.84 Å². The third-order valence-electron chi connectivity index (χ3n) is 4.41. The van der Waals surface area contributed by atoms with Crippen LogP contribution < -0.4 is 10.1 Å². The number of piperidine rings is 1. The van der Waals surface area contributed by atoms with Crippen LogP contribution in [-0.2, 0) is 19.4 Å². The summed E-state index contributed by atoms with van der Waals surface area (Å²) in [5.74, 6) is 5.38. The maximum absolute atomic E-state index is 12.9. The molecule has 0 unspecified atom stereocenters.